The summed E-state index contributed by atoms with van der Waals surface area (Å²) in [4.78, 5) is 12.4. The predicted molar refractivity (Wildman–Crippen MR) is 87.2 cm³/mol. The van der Waals surface area contributed by atoms with E-state index in [1.807, 2.05) is 0 Å². The highest BCUT2D eigenvalue weighted by Gasteiger charge is 2.54. The Kier molecular flexibility index (Phi) is 3.32. The van der Waals surface area contributed by atoms with Crippen molar-refractivity contribution in [3.05, 3.63) is 35.1 Å². The Morgan fingerprint density at radius 2 is 2.05 bits per heavy atom. The summed E-state index contributed by atoms with van der Waals surface area (Å²) in [5.74, 6) is 3.53. The van der Waals surface area contributed by atoms with Crippen LogP contribution < -0.4 is 0 Å². The van der Waals surface area contributed by atoms with Crippen molar-refractivity contribution in [2.75, 3.05) is 7.11 Å². The third kappa shape index (κ3) is 2.03. The van der Waals surface area contributed by atoms with Gasteiger partial charge in [0.2, 0.25) is 0 Å². The first-order valence-corrected chi connectivity index (χ1v) is 8.79. The number of hydrogen-bond acceptors (Lipinski definition) is 2. The number of methoxy groups -OCH3 is 1. The lowest BCUT2D eigenvalue weighted by atomic mass is 9.58. The summed E-state index contributed by atoms with van der Waals surface area (Å²) < 4.78 is 5.45. The van der Waals surface area contributed by atoms with E-state index in [0.717, 1.165) is 31.4 Å². The van der Waals surface area contributed by atoms with E-state index >= 15 is 0 Å². The molecule has 2 heteroatoms. The molecular formula is C20H26O2. The minimum atomic E-state index is -0.0157. The fourth-order valence-electron chi connectivity index (χ4n) is 5.63. The maximum Gasteiger partial charge on any atom is 0.139 e. The molecule has 4 atom stereocenters. The average molecular weight is 298 g/mol. The molecule has 4 aliphatic rings. The van der Waals surface area contributed by atoms with Crippen LogP contribution in [0.2, 0.25) is 0 Å². The Hall–Kier alpha value is -1.31. The Labute approximate surface area is 133 Å². The van der Waals surface area contributed by atoms with Gasteiger partial charge in [0.05, 0.1) is 7.11 Å². The van der Waals surface area contributed by atoms with Gasteiger partial charge in [-0.1, -0.05) is 24.1 Å². The van der Waals surface area contributed by atoms with Crippen molar-refractivity contribution >= 4 is 5.78 Å². The van der Waals surface area contributed by atoms with Crippen LogP contribution in [0.3, 0.4) is 0 Å². The number of allylic oxidation sites excluding steroid dienone is 5. The first-order valence-electron chi connectivity index (χ1n) is 8.79. The largest absolute Gasteiger partial charge is 0.497 e. The van der Waals surface area contributed by atoms with Crippen LogP contribution in [-0.2, 0) is 9.53 Å². The highest BCUT2D eigenvalue weighted by atomic mass is 16.5. The van der Waals surface area contributed by atoms with E-state index in [1.165, 1.54) is 24.8 Å². The van der Waals surface area contributed by atoms with Crippen molar-refractivity contribution in [1.82, 2.24) is 0 Å². The second-order valence-corrected chi connectivity index (χ2v) is 7.83. The van der Waals surface area contributed by atoms with Crippen LogP contribution in [0.4, 0.5) is 0 Å². The van der Waals surface area contributed by atoms with Crippen molar-refractivity contribution < 1.29 is 9.53 Å². The molecule has 0 aromatic heterocycles. The molecule has 4 rings (SSSR count). The standard InChI is InChI=1S/C20H26O2/c1-20-10-9-16-14-4-5-15(22-2)12-13(11-14)3-6-17(16)18(20)7-8-19(20)21/h4-5,12,16-18H,3,6-11H2,1-2H3/t16-,17+,18+,20+/m1/s1. The zero-order valence-electron chi connectivity index (χ0n) is 13.7. The molecule has 0 unspecified atom stereocenters. The normalized spacial score (nSPS) is 40.5. The van der Waals surface area contributed by atoms with E-state index in [4.69, 9.17) is 4.74 Å². The number of fused-ring (bicyclic) bond motifs is 6. The van der Waals surface area contributed by atoms with Gasteiger partial charge >= 0.3 is 0 Å². The minimum absolute atomic E-state index is 0.0157. The molecule has 3 fully saturated rings. The highest BCUT2D eigenvalue weighted by Crippen LogP contribution is 2.58. The first kappa shape index (κ1) is 14.3. The number of hydrogen-bond donors (Lipinski definition) is 0. The van der Waals surface area contributed by atoms with Crippen molar-refractivity contribution in [1.29, 1.82) is 0 Å². The van der Waals surface area contributed by atoms with E-state index in [0.29, 0.717) is 23.5 Å². The van der Waals surface area contributed by atoms with E-state index < -0.39 is 0 Å². The smallest absolute Gasteiger partial charge is 0.139 e. The Morgan fingerprint density at radius 3 is 2.86 bits per heavy atom. The molecule has 22 heavy (non-hydrogen) atoms. The van der Waals surface area contributed by atoms with Crippen LogP contribution in [0.15, 0.2) is 35.1 Å². The van der Waals surface area contributed by atoms with E-state index in [1.54, 1.807) is 12.7 Å². The van der Waals surface area contributed by atoms with Crippen LogP contribution in [0.25, 0.3) is 0 Å². The van der Waals surface area contributed by atoms with Crippen molar-refractivity contribution in [3.8, 4) is 0 Å². The molecule has 0 N–H and O–H groups in total. The maximum atomic E-state index is 12.4. The minimum Gasteiger partial charge on any atom is -0.497 e. The van der Waals surface area contributed by atoms with Gasteiger partial charge in [0.25, 0.3) is 0 Å². The lowest BCUT2D eigenvalue weighted by molar-refractivity contribution is -0.129. The summed E-state index contributed by atoms with van der Waals surface area (Å²) in [5, 5.41) is 0. The SMILES string of the molecule is COC1=CC=C2CC(=C1)CC[C@H]1[C@@H]2CC[C@]2(C)C(=O)CC[C@@H]12. The molecule has 4 aliphatic carbocycles. The monoisotopic (exact) mass is 298 g/mol. The molecule has 0 spiro atoms. The highest BCUT2D eigenvalue weighted by molar-refractivity contribution is 5.87. The summed E-state index contributed by atoms with van der Waals surface area (Å²) in [6.07, 6.45) is 14.4. The van der Waals surface area contributed by atoms with Gasteiger partial charge in [0.1, 0.15) is 11.5 Å². The lowest BCUT2D eigenvalue weighted by Crippen LogP contribution is -2.41. The molecule has 0 amide bonds. The third-order valence-corrected chi connectivity index (χ3v) is 6.90. The summed E-state index contributed by atoms with van der Waals surface area (Å²) >= 11 is 0. The van der Waals surface area contributed by atoms with Crippen LogP contribution in [0.5, 0.6) is 0 Å². The van der Waals surface area contributed by atoms with Gasteiger partial charge in [-0.05, 0) is 68.4 Å². The van der Waals surface area contributed by atoms with Crippen molar-refractivity contribution in [2.24, 2.45) is 23.2 Å². The van der Waals surface area contributed by atoms with E-state index in [2.05, 4.69) is 25.2 Å². The lowest BCUT2D eigenvalue weighted by Gasteiger charge is -2.45. The molecule has 2 nitrogen and oxygen atoms in total. The fraction of sp³-hybridized carbons (Fsp3) is 0.650. The van der Waals surface area contributed by atoms with Gasteiger partial charge in [0, 0.05) is 11.8 Å². The third-order valence-electron chi connectivity index (χ3n) is 6.90. The molecule has 0 heterocycles. The van der Waals surface area contributed by atoms with Crippen LogP contribution in [0.1, 0.15) is 51.9 Å². The number of rotatable bonds is 1. The molecular weight excluding hydrogens is 272 g/mol. The summed E-state index contributed by atoms with van der Waals surface area (Å²) in [5.41, 5.74) is 3.08. The molecule has 2 bridgehead atoms. The van der Waals surface area contributed by atoms with Gasteiger partial charge in [-0.3, -0.25) is 4.79 Å². The molecule has 0 aliphatic heterocycles. The van der Waals surface area contributed by atoms with Gasteiger partial charge in [-0.25, -0.2) is 0 Å². The topological polar surface area (TPSA) is 26.3 Å². The quantitative estimate of drug-likeness (QED) is 0.708. The van der Waals surface area contributed by atoms with Crippen LogP contribution >= 0.6 is 0 Å². The van der Waals surface area contributed by atoms with Gasteiger partial charge < -0.3 is 4.74 Å². The molecule has 0 aromatic rings. The Morgan fingerprint density at radius 1 is 1.18 bits per heavy atom. The zero-order valence-corrected chi connectivity index (χ0v) is 13.7. The molecule has 0 radical (unpaired) electrons. The molecule has 118 valence electrons. The molecule has 3 saturated carbocycles. The van der Waals surface area contributed by atoms with Gasteiger partial charge in [-0.15, -0.1) is 0 Å². The average Bonchev–Trinajstić information content (AvgIpc) is 2.71. The van der Waals surface area contributed by atoms with E-state index in [-0.39, 0.29) is 5.41 Å². The number of Topliss-reactive ketones (excluding diaryl/α,β-unsaturated/α-hetero) is 1. The fourth-order valence-corrected chi connectivity index (χ4v) is 5.63. The summed E-state index contributed by atoms with van der Waals surface area (Å²) in [7, 11) is 1.75. The summed E-state index contributed by atoms with van der Waals surface area (Å²) in [6, 6.07) is 0. The Bertz CT molecular complexity index is 595. The van der Waals surface area contributed by atoms with Crippen molar-refractivity contribution in [2.45, 2.75) is 51.9 Å². The maximum absolute atomic E-state index is 12.4. The zero-order chi connectivity index (χ0) is 15.3. The van der Waals surface area contributed by atoms with Crippen LogP contribution in [0, 0.1) is 23.2 Å². The number of carbonyl (C=O) groups excluding carboxylic acids is 1. The van der Waals surface area contributed by atoms with Crippen LogP contribution in [-0.4, -0.2) is 12.9 Å². The predicted octanol–water partition coefficient (Wildman–Crippen LogP) is 4.58. The van der Waals surface area contributed by atoms with Gasteiger partial charge in [-0.2, -0.15) is 0 Å². The number of ketones is 1. The number of carbonyl (C=O) groups is 1. The number of ether oxygens (including phenoxy) is 1. The Balaban J connectivity index is 1.70. The first-order chi connectivity index (χ1) is 10.6. The van der Waals surface area contributed by atoms with E-state index in [9.17, 15) is 4.79 Å². The summed E-state index contributed by atoms with van der Waals surface area (Å²) in [6.45, 7) is 2.25. The second-order valence-electron chi connectivity index (χ2n) is 7.83. The van der Waals surface area contributed by atoms with Crippen molar-refractivity contribution in [3.63, 3.8) is 0 Å². The van der Waals surface area contributed by atoms with Gasteiger partial charge in [0.15, 0.2) is 0 Å². The molecule has 0 saturated heterocycles. The molecule has 0 aromatic carbocycles. The second kappa shape index (κ2) is 5.11.